The average molecular weight is 311 g/mol. The molecule has 0 radical (unpaired) electrons. The highest BCUT2D eigenvalue weighted by atomic mass is 16.1. The third kappa shape index (κ3) is 2.92. The van der Waals surface area contributed by atoms with Gasteiger partial charge < -0.3 is 0 Å². The van der Waals surface area contributed by atoms with Crippen molar-refractivity contribution in [3.05, 3.63) is 40.8 Å². The van der Waals surface area contributed by atoms with Gasteiger partial charge >= 0.3 is 0 Å². The molecule has 2 fully saturated rings. The minimum absolute atomic E-state index is 0.0393. The molecule has 0 N–H and O–H groups in total. The largest absolute Gasteiger partial charge is 0.281 e. The van der Waals surface area contributed by atoms with E-state index in [1.165, 1.54) is 44.9 Å². The Balaban J connectivity index is 1.57. The maximum Gasteiger partial charge on any atom is 0.275 e. The van der Waals surface area contributed by atoms with Gasteiger partial charge in [-0.05, 0) is 37.7 Å². The summed E-state index contributed by atoms with van der Waals surface area (Å²) in [7, 11) is 0. The maximum atomic E-state index is 12.7. The summed E-state index contributed by atoms with van der Waals surface area (Å²) >= 11 is 0. The normalized spacial score (nSPS) is 23.6. The molecule has 4 rings (SSSR count). The van der Waals surface area contributed by atoms with Gasteiger partial charge in [0.15, 0.2) is 0 Å². The number of fused-ring (bicyclic) bond motifs is 1. The fraction of sp³-hybridized carbons (Fsp3) is 0.579. The molecule has 0 amide bonds. The molecule has 2 aromatic rings. The summed E-state index contributed by atoms with van der Waals surface area (Å²) in [6, 6.07) is 8.38. The molecule has 0 spiro atoms. The first-order valence-corrected chi connectivity index (χ1v) is 9.02. The van der Waals surface area contributed by atoms with Gasteiger partial charge in [0.25, 0.3) is 5.56 Å². The Bertz CT molecular complexity index is 733. The predicted molar refractivity (Wildman–Crippen MR) is 92.3 cm³/mol. The van der Waals surface area contributed by atoms with E-state index in [9.17, 15) is 4.79 Å². The first-order valence-electron chi connectivity index (χ1n) is 9.02. The van der Waals surface area contributed by atoms with Gasteiger partial charge in [0.1, 0.15) is 0 Å². The number of nitrogens with zero attached hydrogens (tertiary/aromatic N) is 3. The Morgan fingerprint density at radius 1 is 1.04 bits per heavy atom. The van der Waals surface area contributed by atoms with Crippen LogP contribution in [0.4, 0.5) is 0 Å². The molecule has 4 nitrogen and oxygen atoms in total. The minimum atomic E-state index is 0.0393. The number of aromatic nitrogens is 2. The van der Waals surface area contributed by atoms with Crippen LogP contribution in [-0.2, 0) is 6.67 Å². The third-order valence-electron chi connectivity index (χ3n) is 5.69. The summed E-state index contributed by atoms with van der Waals surface area (Å²) in [6.07, 6.45) is 11.2. The molecular formula is C19H25N3O. The zero-order chi connectivity index (χ0) is 15.6. The van der Waals surface area contributed by atoms with Crippen molar-refractivity contribution in [2.75, 3.05) is 6.54 Å². The molecule has 1 unspecified atom stereocenters. The van der Waals surface area contributed by atoms with E-state index in [0.717, 1.165) is 23.2 Å². The Labute approximate surface area is 137 Å². The SMILES string of the molecule is O=c1c2ccccc2cnn1CN1CCCC1C1CCCCC1. The number of hydrogen-bond donors (Lipinski definition) is 0. The lowest BCUT2D eigenvalue weighted by atomic mass is 9.83. The van der Waals surface area contributed by atoms with Crippen LogP contribution in [0.5, 0.6) is 0 Å². The summed E-state index contributed by atoms with van der Waals surface area (Å²) in [5, 5.41) is 6.12. The predicted octanol–water partition coefficient (Wildman–Crippen LogP) is 3.40. The van der Waals surface area contributed by atoms with Crippen LogP contribution in [-0.4, -0.2) is 27.3 Å². The number of rotatable bonds is 3. The molecule has 1 aromatic heterocycles. The smallest absolute Gasteiger partial charge is 0.275 e. The molecule has 23 heavy (non-hydrogen) atoms. The lowest BCUT2D eigenvalue weighted by molar-refractivity contribution is 0.119. The van der Waals surface area contributed by atoms with E-state index in [-0.39, 0.29) is 5.56 Å². The van der Waals surface area contributed by atoms with Gasteiger partial charge in [0.05, 0.1) is 18.3 Å². The van der Waals surface area contributed by atoms with E-state index in [1.807, 2.05) is 30.5 Å². The van der Waals surface area contributed by atoms with E-state index in [4.69, 9.17) is 0 Å². The quantitative estimate of drug-likeness (QED) is 0.872. The highest BCUT2D eigenvalue weighted by molar-refractivity contribution is 5.80. The van der Waals surface area contributed by atoms with Crippen molar-refractivity contribution in [2.45, 2.75) is 57.7 Å². The van der Waals surface area contributed by atoms with Gasteiger partial charge in [-0.3, -0.25) is 9.69 Å². The summed E-state index contributed by atoms with van der Waals surface area (Å²) in [6.45, 7) is 1.74. The van der Waals surface area contributed by atoms with Crippen LogP contribution in [0.3, 0.4) is 0 Å². The average Bonchev–Trinajstić information content (AvgIpc) is 3.07. The zero-order valence-electron chi connectivity index (χ0n) is 13.7. The molecule has 1 atom stereocenters. The lowest BCUT2D eigenvalue weighted by Crippen LogP contribution is -2.40. The van der Waals surface area contributed by atoms with Crippen molar-refractivity contribution in [1.29, 1.82) is 0 Å². The Morgan fingerprint density at radius 2 is 1.87 bits per heavy atom. The van der Waals surface area contributed by atoms with Crippen LogP contribution in [0.25, 0.3) is 10.8 Å². The van der Waals surface area contributed by atoms with Gasteiger partial charge in [0.2, 0.25) is 0 Å². The fourth-order valence-corrected chi connectivity index (χ4v) is 4.48. The lowest BCUT2D eigenvalue weighted by Gasteiger charge is -2.34. The highest BCUT2D eigenvalue weighted by Crippen LogP contribution is 2.34. The van der Waals surface area contributed by atoms with Gasteiger partial charge in [-0.2, -0.15) is 5.10 Å². The second-order valence-electron chi connectivity index (χ2n) is 7.10. The zero-order valence-corrected chi connectivity index (χ0v) is 13.7. The van der Waals surface area contributed by atoms with Crippen LogP contribution < -0.4 is 5.56 Å². The van der Waals surface area contributed by atoms with Crippen molar-refractivity contribution in [1.82, 2.24) is 14.7 Å². The summed E-state index contributed by atoms with van der Waals surface area (Å²) in [5.74, 6) is 0.822. The molecule has 4 heteroatoms. The van der Waals surface area contributed by atoms with Crippen LogP contribution in [0, 0.1) is 5.92 Å². The van der Waals surface area contributed by atoms with Crippen LogP contribution in [0.1, 0.15) is 44.9 Å². The molecule has 122 valence electrons. The first kappa shape index (κ1) is 14.9. The van der Waals surface area contributed by atoms with Crippen molar-refractivity contribution in [2.24, 2.45) is 5.92 Å². The van der Waals surface area contributed by atoms with Crippen molar-refractivity contribution in [3.63, 3.8) is 0 Å². The number of hydrogen-bond acceptors (Lipinski definition) is 3. The molecule has 1 saturated carbocycles. The van der Waals surface area contributed by atoms with E-state index in [2.05, 4.69) is 10.00 Å². The number of likely N-dealkylation sites (tertiary alicyclic amines) is 1. The minimum Gasteiger partial charge on any atom is -0.281 e. The van der Waals surface area contributed by atoms with Gasteiger partial charge in [-0.1, -0.05) is 37.5 Å². The summed E-state index contributed by atoms with van der Waals surface area (Å²) in [4.78, 5) is 15.2. The fourth-order valence-electron chi connectivity index (χ4n) is 4.48. The Morgan fingerprint density at radius 3 is 2.74 bits per heavy atom. The monoisotopic (exact) mass is 311 g/mol. The molecule has 1 aliphatic carbocycles. The number of benzene rings is 1. The van der Waals surface area contributed by atoms with Crippen molar-refractivity contribution in [3.8, 4) is 0 Å². The summed E-state index contributed by atoms with van der Waals surface area (Å²) in [5.41, 5.74) is 0.0393. The third-order valence-corrected chi connectivity index (χ3v) is 5.69. The molecule has 1 aromatic carbocycles. The molecule has 0 bridgehead atoms. The second kappa shape index (κ2) is 6.44. The Hall–Kier alpha value is -1.68. The van der Waals surface area contributed by atoms with E-state index >= 15 is 0 Å². The van der Waals surface area contributed by atoms with E-state index in [1.54, 1.807) is 4.68 Å². The molecule has 1 saturated heterocycles. The highest BCUT2D eigenvalue weighted by Gasteiger charge is 2.32. The van der Waals surface area contributed by atoms with E-state index < -0.39 is 0 Å². The molecule has 2 aliphatic rings. The topological polar surface area (TPSA) is 38.1 Å². The van der Waals surface area contributed by atoms with Gasteiger partial charge in [-0.25, -0.2) is 4.68 Å². The first-order chi connectivity index (χ1) is 11.3. The maximum absolute atomic E-state index is 12.7. The Kier molecular flexibility index (Phi) is 4.17. The van der Waals surface area contributed by atoms with Crippen LogP contribution in [0.15, 0.2) is 35.3 Å². The molecule has 2 heterocycles. The molecule has 1 aliphatic heterocycles. The van der Waals surface area contributed by atoms with Crippen LogP contribution in [0.2, 0.25) is 0 Å². The van der Waals surface area contributed by atoms with Gasteiger partial charge in [-0.15, -0.1) is 0 Å². The summed E-state index contributed by atoms with van der Waals surface area (Å²) < 4.78 is 1.66. The second-order valence-corrected chi connectivity index (χ2v) is 7.10. The molecular weight excluding hydrogens is 286 g/mol. The van der Waals surface area contributed by atoms with Crippen LogP contribution >= 0.6 is 0 Å². The van der Waals surface area contributed by atoms with E-state index in [0.29, 0.717) is 12.7 Å². The van der Waals surface area contributed by atoms with Crippen molar-refractivity contribution >= 4 is 10.8 Å². The van der Waals surface area contributed by atoms with Gasteiger partial charge in [0, 0.05) is 18.0 Å². The standard InChI is InChI=1S/C19H25N3O/c23-19-17-10-5-4-9-16(17)13-20-22(19)14-21-12-6-11-18(21)15-7-2-1-3-8-15/h4-5,9-10,13,15,18H,1-3,6-8,11-12,14H2. The van der Waals surface area contributed by atoms with Crippen molar-refractivity contribution < 1.29 is 0 Å².